The number of aromatic nitrogens is 3. The van der Waals surface area contributed by atoms with Gasteiger partial charge in [-0.15, -0.1) is 0 Å². The van der Waals surface area contributed by atoms with E-state index in [1.807, 2.05) is 13.0 Å². The molecule has 1 amide bonds. The molecule has 1 aliphatic rings. The van der Waals surface area contributed by atoms with Crippen LogP contribution in [0.1, 0.15) is 41.0 Å². The van der Waals surface area contributed by atoms with E-state index in [-0.39, 0.29) is 41.4 Å². The second-order valence-electron chi connectivity index (χ2n) is 8.01. The molecule has 3 aromatic rings. The van der Waals surface area contributed by atoms with Gasteiger partial charge < -0.3 is 9.88 Å². The first-order valence-electron chi connectivity index (χ1n) is 10.1. The van der Waals surface area contributed by atoms with E-state index in [1.54, 1.807) is 23.2 Å². The van der Waals surface area contributed by atoms with Gasteiger partial charge in [0.2, 0.25) is 0 Å². The summed E-state index contributed by atoms with van der Waals surface area (Å²) in [6, 6.07) is 6.66. The smallest absolute Gasteiger partial charge is 0.274 e. The summed E-state index contributed by atoms with van der Waals surface area (Å²) in [4.78, 5) is 17.8. The van der Waals surface area contributed by atoms with Gasteiger partial charge in [0, 0.05) is 24.0 Å². The molecule has 1 saturated heterocycles. The van der Waals surface area contributed by atoms with Crippen molar-refractivity contribution in [3.8, 4) is 0 Å². The lowest BCUT2D eigenvalue weighted by molar-refractivity contribution is 0.0724. The predicted molar refractivity (Wildman–Crippen MR) is 112 cm³/mol. The Bertz CT molecular complexity index is 1150. The maximum atomic E-state index is 14.7. The summed E-state index contributed by atoms with van der Waals surface area (Å²) in [5, 5.41) is 7.73. The lowest BCUT2D eigenvalue weighted by Crippen LogP contribution is -2.34. The Kier molecular flexibility index (Phi) is 5.64. The second kappa shape index (κ2) is 8.22. The van der Waals surface area contributed by atoms with E-state index in [2.05, 4.69) is 15.2 Å². The van der Waals surface area contributed by atoms with Gasteiger partial charge in [0.25, 0.3) is 5.91 Å². The normalized spacial score (nSPS) is 16.7. The van der Waals surface area contributed by atoms with E-state index in [0.29, 0.717) is 36.9 Å². The Hall–Kier alpha value is -2.68. The fourth-order valence-electron chi connectivity index (χ4n) is 4.02. The van der Waals surface area contributed by atoms with Crippen molar-refractivity contribution in [2.24, 2.45) is 5.92 Å². The lowest BCUT2D eigenvalue weighted by atomic mass is 9.98. The summed E-state index contributed by atoms with van der Waals surface area (Å²) < 4.78 is 38.0. The maximum Gasteiger partial charge on any atom is 0.274 e. The topological polar surface area (TPSA) is 98.9 Å². The highest BCUT2D eigenvalue weighted by atomic mass is 32.2. The van der Waals surface area contributed by atoms with E-state index in [0.717, 1.165) is 11.1 Å². The zero-order chi connectivity index (χ0) is 21.3. The minimum atomic E-state index is -2.93. The minimum Gasteiger partial charge on any atom is -0.361 e. The number of nitrogens with zero attached hydrogens (tertiary/aromatic N) is 2. The number of nitrogens with one attached hydrogen (secondary N) is 2. The van der Waals surface area contributed by atoms with Crippen LogP contribution in [0.5, 0.6) is 0 Å². The molecular weight excluding hydrogens is 407 g/mol. The number of hydrogen-bond donors (Lipinski definition) is 2. The summed E-state index contributed by atoms with van der Waals surface area (Å²) in [6.07, 6.45) is 3.63. The lowest BCUT2D eigenvalue weighted by Gasteiger charge is -2.27. The van der Waals surface area contributed by atoms with E-state index in [4.69, 9.17) is 0 Å². The molecule has 0 bridgehead atoms. The first-order chi connectivity index (χ1) is 14.3. The highest BCUT2D eigenvalue weighted by Gasteiger charge is 2.26. The monoisotopic (exact) mass is 432 g/mol. The van der Waals surface area contributed by atoms with Crippen LogP contribution in [0.25, 0.3) is 10.9 Å². The summed E-state index contributed by atoms with van der Waals surface area (Å²) in [6.45, 7) is 2.33. The number of rotatable bonds is 6. The van der Waals surface area contributed by atoms with Crippen molar-refractivity contribution >= 4 is 26.6 Å². The Balaban J connectivity index is 1.56. The summed E-state index contributed by atoms with van der Waals surface area (Å²) >= 11 is 0. The number of fused-ring (bicyclic) bond motifs is 1. The second-order valence-corrected chi connectivity index (χ2v) is 10.3. The van der Waals surface area contributed by atoms with Crippen LogP contribution in [-0.4, -0.2) is 52.5 Å². The molecule has 0 radical (unpaired) electrons. The molecule has 160 valence electrons. The highest BCUT2D eigenvalue weighted by Crippen LogP contribution is 2.25. The molecule has 9 heteroatoms. The van der Waals surface area contributed by atoms with Crippen molar-refractivity contribution in [1.29, 1.82) is 0 Å². The van der Waals surface area contributed by atoms with Crippen LogP contribution in [0.15, 0.2) is 30.5 Å². The third kappa shape index (κ3) is 4.40. The van der Waals surface area contributed by atoms with Crippen LogP contribution in [-0.2, 0) is 16.4 Å². The zero-order valence-corrected chi connectivity index (χ0v) is 17.6. The first-order valence-corrected chi connectivity index (χ1v) is 11.9. The molecule has 0 spiro atoms. The largest absolute Gasteiger partial charge is 0.361 e. The number of benzene rings is 1. The number of aryl methyl sites for hydroxylation is 1. The van der Waals surface area contributed by atoms with Gasteiger partial charge in [-0.3, -0.25) is 9.89 Å². The van der Waals surface area contributed by atoms with Crippen LogP contribution in [0.2, 0.25) is 0 Å². The quantitative estimate of drug-likeness (QED) is 0.625. The van der Waals surface area contributed by atoms with Gasteiger partial charge in [-0.25, -0.2) is 12.8 Å². The van der Waals surface area contributed by atoms with Gasteiger partial charge in [-0.05, 0) is 61.8 Å². The third-order valence-electron chi connectivity index (χ3n) is 5.82. The van der Waals surface area contributed by atoms with Crippen molar-refractivity contribution in [2.75, 3.05) is 18.1 Å². The van der Waals surface area contributed by atoms with Crippen LogP contribution in [0.3, 0.4) is 0 Å². The molecule has 0 saturated carbocycles. The Labute approximate surface area is 174 Å². The number of sulfone groups is 1. The van der Waals surface area contributed by atoms with Crippen molar-refractivity contribution in [3.05, 3.63) is 53.2 Å². The van der Waals surface area contributed by atoms with Gasteiger partial charge in [0.05, 0.1) is 23.6 Å². The molecular formula is C21H25FN4O3S. The maximum absolute atomic E-state index is 14.7. The van der Waals surface area contributed by atoms with Crippen molar-refractivity contribution in [1.82, 2.24) is 20.1 Å². The van der Waals surface area contributed by atoms with Crippen LogP contribution < -0.4 is 0 Å². The van der Waals surface area contributed by atoms with Crippen molar-refractivity contribution < 1.29 is 17.6 Å². The van der Waals surface area contributed by atoms with Gasteiger partial charge in [0.15, 0.2) is 0 Å². The minimum absolute atomic E-state index is 0.111. The molecule has 0 unspecified atom stereocenters. The first kappa shape index (κ1) is 20.6. The number of hydrogen-bond acceptors (Lipinski definition) is 4. The molecule has 7 nitrogen and oxygen atoms in total. The molecule has 4 rings (SSSR count). The average molecular weight is 433 g/mol. The van der Waals surface area contributed by atoms with E-state index in [9.17, 15) is 17.6 Å². The summed E-state index contributed by atoms with van der Waals surface area (Å²) in [5.41, 5.74) is 2.17. The Morgan fingerprint density at radius 1 is 1.27 bits per heavy atom. The predicted octanol–water partition coefficient (Wildman–Crippen LogP) is 3.20. The molecule has 1 fully saturated rings. The Morgan fingerprint density at radius 3 is 2.73 bits per heavy atom. The zero-order valence-electron chi connectivity index (χ0n) is 16.8. The Morgan fingerprint density at radius 2 is 2.03 bits per heavy atom. The van der Waals surface area contributed by atoms with E-state index >= 15 is 0 Å². The number of carbonyl (C=O) groups is 1. The number of aromatic amines is 2. The molecule has 0 aliphatic carbocycles. The molecule has 2 aromatic heterocycles. The van der Waals surface area contributed by atoms with Gasteiger partial charge >= 0.3 is 0 Å². The molecule has 1 aliphatic heterocycles. The van der Waals surface area contributed by atoms with Gasteiger partial charge in [-0.1, -0.05) is 0 Å². The molecule has 1 aromatic carbocycles. The molecule has 0 atom stereocenters. The molecule has 30 heavy (non-hydrogen) atoms. The third-order valence-corrected chi connectivity index (χ3v) is 7.54. The summed E-state index contributed by atoms with van der Waals surface area (Å²) in [7, 11) is -2.93. The number of H-pyrrole nitrogens is 2. The molecule has 2 N–H and O–H groups in total. The highest BCUT2D eigenvalue weighted by molar-refractivity contribution is 7.91. The van der Waals surface area contributed by atoms with Crippen molar-refractivity contribution in [3.63, 3.8) is 0 Å². The van der Waals surface area contributed by atoms with Crippen molar-refractivity contribution in [2.45, 2.75) is 32.7 Å². The number of amides is 1. The van der Waals surface area contributed by atoms with Crippen LogP contribution in [0.4, 0.5) is 4.39 Å². The fraction of sp³-hybridized carbons (Fsp3) is 0.429. The van der Waals surface area contributed by atoms with Crippen LogP contribution >= 0.6 is 0 Å². The SMILES string of the molecule is Cc1cc(C(=O)N(CCC2CCS(=O)(=O)CC2)Cc2c(F)ccc3cc[nH]c23)n[nH]1. The number of halogens is 1. The van der Waals surface area contributed by atoms with Gasteiger partial charge in [0.1, 0.15) is 21.3 Å². The van der Waals surface area contributed by atoms with E-state index in [1.165, 1.54) is 6.07 Å². The molecule has 3 heterocycles. The fourth-order valence-corrected chi connectivity index (χ4v) is 5.61. The standard InChI is InChI=1S/C21H25FN4O3S/c1-14-12-19(25-24-14)21(27)26(9-5-15-6-10-30(28,29)11-7-15)13-17-18(22)3-2-16-4-8-23-20(16)17/h2-4,8,12,15,23H,5-7,9-11,13H2,1H3,(H,24,25). The van der Waals surface area contributed by atoms with Crippen LogP contribution in [0, 0.1) is 18.7 Å². The average Bonchev–Trinajstić information content (AvgIpc) is 3.36. The van der Waals surface area contributed by atoms with Gasteiger partial charge in [-0.2, -0.15) is 5.10 Å². The summed E-state index contributed by atoms with van der Waals surface area (Å²) in [5.74, 6) is -0.0208. The number of carbonyl (C=O) groups excluding carboxylic acids is 1. The van der Waals surface area contributed by atoms with E-state index < -0.39 is 9.84 Å².